The van der Waals surface area contributed by atoms with E-state index in [0.29, 0.717) is 0 Å². The summed E-state index contributed by atoms with van der Waals surface area (Å²) in [7, 11) is -3.57. The van der Waals surface area contributed by atoms with Crippen LogP contribution < -0.4 is 0 Å². The smallest absolute Gasteiger partial charge is 0.267 e. The third kappa shape index (κ3) is 3.06. The Bertz CT molecular complexity index is 438. The van der Waals surface area contributed by atoms with E-state index in [1.54, 1.807) is 19.1 Å². The van der Waals surface area contributed by atoms with Crippen LogP contribution in [0.1, 0.15) is 33.3 Å². The molecule has 0 atom stereocenters. The highest BCUT2D eigenvalue weighted by molar-refractivity contribution is 7.86. The fraction of sp³-hybridized carbons (Fsp3) is 0.500. The van der Waals surface area contributed by atoms with Crippen molar-refractivity contribution in [2.24, 2.45) is 0 Å². The summed E-state index contributed by atoms with van der Waals surface area (Å²) >= 11 is 0. The predicted octanol–water partition coefficient (Wildman–Crippen LogP) is 2.71. The second-order valence-corrected chi connectivity index (χ2v) is 6.25. The summed E-state index contributed by atoms with van der Waals surface area (Å²) in [6, 6.07) is 6.83. The average molecular weight is 242 g/mol. The SMILES string of the molecule is CCOS(=O)(=O)c1ccc(C(C)(C)C)cc1. The molecule has 0 amide bonds. The van der Waals surface area contributed by atoms with Gasteiger partial charge in [0.1, 0.15) is 0 Å². The summed E-state index contributed by atoms with van der Waals surface area (Å²) in [5.41, 5.74) is 1.12. The summed E-state index contributed by atoms with van der Waals surface area (Å²) < 4.78 is 27.9. The van der Waals surface area contributed by atoms with E-state index in [0.717, 1.165) is 5.56 Å². The molecule has 0 bridgehead atoms. The molecule has 0 aromatic heterocycles. The third-order valence-corrected chi connectivity index (χ3v) is 3.68. The molecule has 90 valence electrons. The number of rotatable bonds is 3. The maximum absolute atomic E-state index is 11.6. The van der Waals surface area contributed by atoms with E-state index in [2.05, 4.69) is 20.8 Å². The topological polar surface area (TPSA) is 43.4 Å². The molecule has 0 spiro atoms. The molecular weight excluding hydrogens is 224 g/mol. The molecule has 3 nitrogen and oxygen atoms in total. The summed E-state index contributed by atoms with van der Waals surface area (Å²) in [4.78, 5) is 0.211. The molecule has 0 aliphatic heterocycles. The Morgan fingerprint density at radius 3 is 2.00 bits per heavy atom. The second-order valence-electron chi connectivity index (χ2n) is 4.64. The maximum atomic E-state index is 11.6. The molecule has 0 N–H and O–H groups in total. The zero-order chi connectivity index (χ0) is 12.4. The van der Waals surface area contributed by atoms with Crippen molar-refractivity contribution in [1.82, 2.24) is 0 Å². The van der Waals surface area contributed by atoms with Gasteiger partial charge < -0.3 is 0 Å². The van der Waals surface area contributed by atoms with Crippen LogP contribution in [0.3, 0.4) is 0 Å². The Morgan fingerprint density at radius 2 is 1.62 bits per heavy atom. The van der Waals surface area contributed by atoms with Crippen LogP contribution in [-0.4, -0.2) is 15.0 Å². The van der Waals surface area contributed by atoms with Crippen LogP contribution >= 0.6 is 0 Å². The molecule has 0 aliphatic carbocycles. The lowest BCUT2D eigenvalue weighted by atomic mass is 9.87. The van der Waals surface area contributed by atoms with Crippen LogP contribution in [0.4, 0.5) is 0 Å². The highest BCUT2D eigenvalue weighted by Gasteiger charge is 2.17. The van der Waals surface area contributed by atoms with Crippen molar-refractivity contribution < 1.29 is 12.6 Å². The Morgan fingerprint density at radius 1 is 1.12 bits per heavy atom. The quantitative estimate of drug-likeness (QED) is 0.765. The summed E-state index contributed by atoms with van der Waals surface area (Å²) in [5.74, 6) is 0. The van der Waals surface area contributed by atoms with Crippen molar-refractivity contribution in [2.45, 2.75) is 38.0 Å². The summed E-state index contributed by atoms with van der Waals surface area (Å²) in [6.45, 7) is 8.06. The third-order valence-electron chi connectivity index (χ3n) is 2.28. The monoisotopic (exact) mass is 242 g/mol. The zero-order valence-corrected chi connectivity index (χ0v) is 11.0. The van der Waals surface area contributed by atoms with E-state index in [9.17, 15) is 8.42 Å². The van der Waals surface area contributed by atoms with Gasteiger partial charge in [-0.1, -0.05) is 32.9 Å². The number of hydrogen-bond acceptors (Lipinski definition) is 3. The van der Waals surface area contributed by atoms with Crippen LogP contribution in [-0.2, 0) is 19.7 Å². The minimum absolute atomic E-state index is 0.0217. The largest absolute Gasteiger partial charge is 0.296 e. The molecule has 0 radical (unpaired) electrons. The van der Waals surface area contributed by atoms with Crippen LogP contribution in [0, 0.1) is 0 Å². The highest BCUT2D eigenvalue weighted by Crippen LogP contribution is 2.23. The molecule has 0 unspecified atom stereocenters. The van der Waals surface area contributed by atoms with Gasteiger partial charge in [-0.25, -0.2) is 0 Å². The second kappa shape index (κ2) is 4.55. The van der Waals surface area contributed by atoms with Crippen molar-refractivity contribution in [1.29, 1.82) is 0 Å². The van der Waals surface area contributed by atoms with Gasteiger partial charge in [0.2, 0.25) is 0 Å². The van der Waals surface area contributed by atoms with Crippen LogP contribution in [0.15, 0.2) is 29.2 Å². The lowest BCUT2D eigenvalue weighted by Crippen LogP contribution is -2.12. The molecular formula is C12H18O3S. The van der Waals surface area contributed by atoms with Crippen molar-refractivity contribution in [3.05, 3.63) is 29.8 Å². The van der Waals surface area contributed by atoms with Crippen LogP contribution in [0.2, 0.25) is 0 Å². The van der Waals surface area contributed by atoms with Gasteiger partial charge in [-0.15, -0.1) is 0 Å². The minimum atomic E-state index is -3.57. The standard InChI is InChI=1S/C12H18O3S/c1-5-15-16(13,14)11-8-6-10(7-9-11)12(2,3)4/h6-9H,5H2,1-4H3. The molecule has 0 aliphatic rings. The lowest BCUT2D eigenvalue weighted by molar-refractivity contribution is 0.338. The van der Waals surface area contributed by atoms with Crippen molar-refractivity contribution in [3.63, 3.8) is 0 Å². The van der Waals surface area contributed by atoms with Gasteiger partial charge in [0, 0.05) is 0 Å². The predicted molar refractivity (Wildman–Crippen MR) is 64.0 cm³/mol. The molecule has 1 aromatic carbocycles. The van der Waals surface area contributed by atoms with Crippen molar-refractivity contribution in [2.75, 3.05) is 6.61 Å². The molecule has 0 saturated carbocycles. The first-order valence-corrected chi connectivity index (χ1v) is 6.68. The fourth-order valence-corrected chi connectivity index (χ4v) is 2.26. The molecule has 0 heterocycles. The van der Waals surface area contributed by atoms with Crippen molar-refractivity contribution in [3.8, 4) is 0 Å². The molecule has 1 aromatic rings. The first-order chi connectivity index (χ1) is 7.27. The zero-order valence-electron chi connectivity index (χ0n) is 10.1. The van der Waals surface area contributed by atoms with Gasteiger partial charge in [-0.3, -0.25) is 4.18 Å². The van der Waals surface area contributed by atoms with Gasteiger partial charge in [-0.2, -0.15) is 8.42 Å². The Hall–Kier alpha value is -0.870. The Labute approximate surface area is 97.6 Å². The van der Waals surface area contributed by atoms with Gasteiger partial charge in [0.15, 0.2) is 0 Å². The van der Waals surface area contributed by atoms with E-state index in [1.807, 2.05) is 12.1 Å². The molecule has 0 fully saturated rings. The normalized spacial score (nSPS) is 12.8. The number of benzene rings is 1. The van der Waals surface area contributed by atoms with Gasteiger partial charge in [0.25, 0.3) is 10.1 Å². The summed E-state index contributed by atoms with van der Waals surface area (Å²) in [5, 5.41) is 0. The van der Waals surface area contributed by atoms with Gasteiger partial charge in [-0.05, 0) is 30.0 Å². The molecule has 16 heavy (non-hydrogen) atoms. The maximum Gasteiger partial charge on any atom is 0.296 e. The molecule has 1 rings (SSSR count). The van der Waals surface area contributed by atoms with Crippen LogP contribution in [0.25, 0.3) is 0 Å². The van der Waals surface area contributed by atoms with Crippen LogP contribution in [0.5, 0.6) is 0 Å². The molecule has 4 heteroatoms. The number of hydrogen-bond donors (Lipinski definition) is 0. The highest BCUT2D eigenvalue weighted by atomic mass is 32.2. The first kappa shape index (κ1) is 13.2. The van der Waals surface area contributed by atoms with E-state index < -0.39 is 10.1 Å². The Balaban J connectivity index is 3.05. The summed E-state index contributed by atoms with van der Waals surface area (Å²) in [6.07, 6.45) is 0. The van der Waals surface area contributed by atoms with E-state index in [1.165, 1.54) is 0 Å². The molecule has 0 saturated heterocycles. The van der Waals surface area contributed by atoms with Gasteiger partial charge in [0.05, 0.1) is 11.5 Å². The van der Waals surface area contributed by atoms with Gasteiger partial charge >= 0.3 is 0 Å². The van der Waals surface area contributed by atoms with E-state index in [4.69, 9.17) is 4.18 Å². The van der Waals surface area contributed by atoms with E-state index in [-0.39, 0.29) is 16.9 Å². The average Bonchev–Trinajstić information content (AvgIpc) is 2.16. The van der Waals surface area contributed by atoms with E-state index >= 15 is 0 Å². The first-order valence-electron chi connectivity index (χ1n) is 5.27. The lowest BCUT2D eigenvalue weighted by Gasteiger charge is -2.19. The Kier molecular flexibility index (Phi) is 3.76. The minimum Gasteiger partial charge on any atom is -0.267 e. The van der Waals surface area contributed by atoms with Crippen molar-refractivity contribution >= 4 is 10.1 Å². The fourth-order valence-electron chi connectivity index (χ4n) is 1.34.